The van der Waals surface area contributed by atoms with Crippen LogP contribution in [0.3, 0.4) is 0 Å². The highest BCUT2D eigenvalue weighted by atomic mass is 35.5. The number of para-hydroxylation sites is 2. The van der Waals surface area contributed by atoms with Crippen LogP contribution in [-0.2, 0) is 14.1 Å². The van der Waals surface area contributed by atoms with Gasteiger partial charge in [-0.25, -0.2) is 9.97 Å². The summed E-state index contributed by atoms with van der Waals surface area (Å²) in [5.41, 5.74) is 5.57. The van der Waals surface area contributed by atoms with E-state index in [-0.39, 0.29) is 0 Å². The molecule has 0 saturated heterocycles. The molecule has 0 atom stereocenters. The van der Waals surface area contributed by atoms with Crippen molar-refractivity contribution in [2.75, 3.05) is 14.2 Å². The number of rotatable bonds is 4. The number of nitrogens with zero attached hydrogens (tertiary/aromatic N) is 6. The molecule has 0 aliphatic carbocycles. The van der Waals surface area contributed by atoms with Crippen LogP contribution in [0.2, 0.25) is 5.02 Å². The molecule has 4 aromatic heterocycles. The van der Waals surface area contributed by atoms with Crippen molar-refractivity contribution >= 4 is 79.9 Å². The Morgan fingerprint density at radius 3 is 1.67 bits per heavy atom. The van der Waals surface area contributed by atoms with Crippen LogP contribution in [0, 0.1) is 13.8 Å². The number of hydrogen-bond acceptors (Lipinski definition) is 8. The van der Waals surface area contributed by atoms with Gasteiger partial charge in [-0.05, 0) is 74.5 Å². The molecule has 0 unspecified atom stereocenters. The van der Waals surface area contributed by atoms with Crippen molar-refractivity contribution in [3.63, 3.8) is 0 Å². The summed E-state index contributed by atoms with van der Waals surface area (Å²) in [6.07, 6.45) is 0. The number of ether oxygens (including phenoxy) is 2. The Labute approximate surface area is 299 Å². The first-order chi connectivity index (χ1) is 23.7. The lowest BCUT2D eigenvalue weighted by atomic mass is 10.1. The molecule has 0 N–H and O–H groups in total. The molecule has 248 valence electrons. The Hall–Kier alpha value is -4.77. The van der Waals surface area contributed by atoms with Crippen LogP contribution in [-0.4, -0.2) is 43.7 Å². The van der Waals surface area contributed by atoms with E-state index in [4.69, 9.17) is 26.1 Å². The van der Waals surface area contributed by atoms with Gasteiger partial charge < -0.3 is 9.47 Å². The first-order valence-corrected chi connectivity index (χ1v) is 17.1. The van der Waals surface area contributed by atoms with Crippen LogP contribution in [0.15, 0.2) is 112 Å². The zero-order chi connectivity index (χ0) is 34.7. The molecule has 11 heteroatoms. The molecule has 8 nitrogen and oxygen atoms in total. The Kier molecular flexibility index (Phi) is 10.3. The van der Waals surface area contributed by atoms with Crippen molar-refractivity contribution in [1.29, 1.82) is 0 Å². The van der Waals surface area contributed by atoms with Gasteiger partial charge in [0.15, 0.2) is 11.3 Å². The Morgan fingerprint density at radius 2 is 1.10 bits per heavy atom. The van der Waals surface area contributed by atoms with Crippen molar-refractivity contribution in [3.05, 3.63) is 113 Å². The molecule has 0 aliphatic heterocycles. The van der Waals surface area contributed by atoms with E-state index in [2.05, 4.69) is 58.1 Å². The van der Waals surface area contributed by atoms with Gasteiger partial charge in [0.05, 0.1) is 52.4 Å². The van der Waals surface area contributed by atoms with E-state index in [1.54, 1.807) is 30.7 Å². The Morgan fingerprint density at radius 1 is 0.633 bits per heavy atom. The van der Waals surface area contributed by atoms with E-state index in [1.807, 2.05) is 99.4 Å². The molecule has 4 heterocycles. The zero-order valence-electron chi connectivity index (χ0n) is 28.0. The predicted molar refractivity (Wildman–Crippen MR) is 204 cm³/mol. The molecule has 0 aliphatic rings. The summed E-state index contributed by atoms with van der Waals surface area (Å²) >= 11 is 12.3. The van der Waals surface area contributed by atoms with Gasteiger partial charge in [0.2, 0.25) is 0 Å². The maximum atomic E-state index is 6.40. The van der Waals surface area contributed by atoms with Crippen molar-refractivity contribution < 1.29 is 9.47 Å². The van der Waals surface area contributed by atoms with Gasteiger partial charge in [-0.2, -0.15) is 10.2 Å². The molecule has 0 saturated carbocycles. The van der Waals surface area contributed by atoms with E-state index in [0.717, 1.165) is 81.6 Å². The van der Waals surface area contributed by atoms with Gasteiger partial charge >= 0.3 is 0 Å². The molecule has 8 rings (SSSR count). The van der Waals surface area contributed by atoms with Gasteiger partial charge in [0, 0.05) is 39.6 Å². The summed E-state index contributed by atoms with van der Waals surface area (Å²) in [7, 11) is 7.15. The topological polar surface area (TPSA) is 79.9 Å². The van der Waals surface area contributed by atoms with Gasteiger partial charge in [-0.3, -0.25) is 9.36 Å². The molecule has 8 aromatic rings. The normalized spacial score (nSPS) is 10.9. The largest absolute Gasteiger partial charge is 0.497 e. The maximum absolute atomic E-state index is 6.40. The number of aromatic nitrogens is 6. The summed E-state index contributed by atoms with van der Waals surface area (Å²) in [4.78, 5) is 12.7. The van der Waals surface area contributed by atoms with Crippen molar-refractivity contribution in [3.8, 4) is 11.5 Å². The molecule has 0 amide bonds. The fourth-order valence-corrected chi connectivity index (χ4v) is 7.20. The average Bonchev–Trinajstić information content (AvgIpc) is 3.57. The fourth-order valence-electron chi connectivity index (χ4n) is 5.54. The number of aryl methyl sites for hydroxylation is 4. The van der Waals surface area contributed by atoms with Crippen molar-refractivity contribution in [2.45, 2.75) is 28.5 Å². The molecule has 4 aromatic carbocycles. The van der Waals surface area contributed by atoms with Crippen LogP contribution in [0.5, 0.6) is 11.5 Å². The number of thiol groups is 1. The van der Waals surface area contributed by atoms with E-state index >= 15 is 0 Å². The first kappa shape index (κ1) is 34.1. The average molecular weight is 707 g/mol. The molecule has 0 radical (unpaired) electrons. The second kappa shape index (κ2) is 14.8. The third-order valence-electron chi connectivity index (χ3n) is 7.92. The smallest absolute Gasteiger partial charge is 0.159 e. The van der Waals surface area contributed by atoms with E-state index in [0.29, 0.717) is 0 Å². The number of hydrogen-bond donors (Lipinski definition) is 1. The second-order valence-electron chi connectivity index (χ2n) is 11.2. The van der Waals surface area contributed by atoms with Gasteiger partial charge in [0.1, 0.15) is 11.5 Å². The van der Waals surface area contributed by atoms with Crippen molar-refractivity contribution in [1.82, 2.24) is 29.5 Å². The second-order valence-corrected chi connectivity index (χ2v) is 13.2. The standard InChI is InChI=1S/C19H17N3OS.C12H10ClN3.C7H8OS/c1-12-17-18(24-14-10-8-13(23-3)9-11-14)15-6-4-5-7-16(15)20-19(17)22(2)21-12;1-7-10-11(13)8-5-3-4-6-9(8)14-12(10)16(2)15-7;1-8-6-2-4-7(9)5-3-6/h4-11H,1-3H3;3-6H,1-2H3;2-5,9H,1H3. The zero-order valence-corrected chi connectivity index (χ0v) is 30.4. The highest BCUT2D eigenvalue weighted by Crippen LogP contribution is 2.40. The van der Waals surface area contributed by atoms with Crippen LogP contribution in [0.1, 0.15) is 11.4 Å². The van der Waals surface area contributed by atoms with E-state index in [9.17, 15) is 0 Å². The first-order valence-electron chi connectivity index (χ1n) is 15.4. The molecule has 0 fully saturated rings. The lowest BCUT2D eigenvalue weighted by Gasteiger charge is -2.09. The van der Waals surface area contributed by atoms with Gasteiger partial charge in [0.25, 0.3) is 0 Å². The minimum atomic E-state index is 0.742. The number of pyridine rings is 2. The lowest BCUT2D eigenvalue weighted by Crippen LogP contribution is -1.93. The maximum Gasteiger partial charge on any atom is 0.159 e. The van der Waals surface area contributed by atoms with E-state index < -0.39 is 0 Å². The molecule has 0 bridgehead atoms. The summed E-state index contributed by atoms with van der Waals surface area (Å²) < 4.78 is 13.8. The van der Waals surface area contributed by atoms with Gasteiger partial charge in [-0.15, -0.1) is 12.6 Å². The minimum Gasteiger partial charge on any atom is -0.497 e. The summed E-state index contributed by atoms with van der Waals surface area (Å²) in [5.74, 6) is 1.73. The third kappa shape index (κ3) is 7.17. The number of benzene rings is 4. The van der Waals surface area contributed by atoms with Gasteiger partial charge in [-0.1, -0.05) is 59.8 Å². The summed E-state index contributed by atoms with van der Waals surface area (Å²) in [6.45, 7) is 3.99. The van der Waals surface area contributed by atoms with Crippen LogP contribution < -0.4 is 9.47 Å². The summed E-state index contributed by atoms with van der Waals surface area (Å²) in [6, 6.07) is 31.8. The Balaban J connectivity index is 0.000000143. The Bertz CT molecular complexity index is 2410. The summed E-state index contributed by atoms with van der Waals surface area (Å²) in [5, 5.41) is 13.9. The SMILES string of the molecule is COc1ccc(S)cc1.COc1ccc(Sc2c3ccccc3nc3c2c(C)nn3C)cc1.Cc1nn(C)c2nc3ccccc3c(Cl)c12. The van der Waals surface area contributed by atoms with Crippen LogP contribution in [0.25, 0.3) is 43.9 Å². The van der Waals surface area contributed by atoms with Crippen LogP contribution in [0.4, 0.5) is 0 Å². The number of methoxy groups -OCH3 is 2. The van der Waals surface area contributed by atoms with Crippen LogP contribution >= 0.6 is 36.0 Å². The molecular formula is C38H35ClN6O2S2. The number of halogens is 1. The third-order valence-corrected chi connectivity index (χ3v) is 9.75. The minimum absolute atomic E-state index is 0.742. The fraction of sp³-hybridized carbons (Fsp3) is 0.158. The molecule has 0 spiro atoms. The van der Waals surface area contributed by atoms with E-state index in [1.165, 1.54) is 4.90 Å². The monoisotopic (exact) mass is 706 g/mol. The van der Waals surface area contributed by atoms with Crippen molar-refractivity contribution in [2.24, 2.45) is 14.1 Å². The quantitative estimate of drug-likeness (QED) is 0.183. The molecule has 49 heavy (non-hydrogen) atoms. The lowest BCUT2D eigenvalue weighted by molar-refractivity contribution is 0.414. The predicted octanol–water partition coefficient (Wildman–Crippen LogP) is 9.66. The number of fused-ring (bicyclic) bond motifs is 4. The highest BCUT2D eigenvalue weighted by molar-refractivity contribution is 7.99. The molecular weight excluding hydrogens is 672 g/mol. The highest BCUT2D eigenvalue weighted by Gasteiger charge is 2.17.